The van der Waals surface area contributed by atoms with E-state index in [9.17, 15) is 0 Å². The first-order valence-corrected chi connectivity index (χ1v) is 7.96. The lowest BCUT2D eigenvalue weighted by molar-refractivity contribution is 0.302. The molecule has 0 unspecified atom stereocenters. The summed E-state index contributed by atoms with van der Waals surface area (Å²) in [6.07, 6.45) is 6.16. The van der Waals surface area contributed by atoms with Crippen molar-refractivity contribution in [3.63, 3.8) is 0 Å². The second kappa shape index (κ2) is 6.04. The Hall–Kier alpha value is -1.22. The molecule has 1 aliphatic heterocycles. The molecule has 0 spiro atoms. The molecular formula is C17H26N2O. The molecule has 3 rings (SSSR count). The van der Waals surface area contributed by atoms with E-state index in [0.717, 1.165) is 44.2 Å². The molecule has 0 radical (unpaired) electrons. The van der Waals surface area contributed by atoms with Crippen LogP contribution in [-0.2, 0) is 0 Å². The van der Waals surface area contributed by atoms with Crippen LogP contribution in [0.15, 0.2) is 18.2 Å². The number of anilines is 1. The molecule has 3 heteroatoms. The second-order valence-electron chi connectivity index (χ2n) is 6.38. The van der Waals surface area contributed by atoms with Crippen LogP contribution in [0.3, 0.4) is 0 Å². The molecule has 110 valence electrons. The van der Waals surface area contributed by atoms with Gasteiger partial charge in [-0.2, -0.15) is 0 Å². The van der Waals surface area contributed by atoms with E-state index in [1.54, 1.807) is 0 Å². The Kier molecular flexibility index (Phi) is 4.16. The summed E-state index contributed by atoms with van der Waals surface area (Å²) in [5, 5.41) is 0. The second-order valence-corrected chi connectivity index (χ2v) is 6.38. The van der Waals surface area contributed by atoms with Crippen molar-refractivity contribution in [3.05, 3.63) is 23.8 Å². The van der Waals surface area contributed by atoms with E-state index in [1.165, 1.54) is 30.5 Å². The SMILES string of the molecule is Cc1ccc(OCCC2CC2)c(N2CCC(N)CC2)c1. The fourth-order valence-corrected chi connectivity index (χ4v) is 2.88. The van der Waals surface area contributed by atoms with E-state index in [0.29, 0.717) is 6.04 Å². The van der Waals surface area contributed by atoms with Gasteiger partial charge in [0.1, 0.15) is 5.75 Å². The molecule has 1 aromatic rings. The van der Waals surface area contributed by atoms with Crippen LogP contribution in [0.25, 0.3) is 0 Å². The summed E-state index contributed by atoms with van der Waals surface area (Å²) in [6, 6.07) is 6.90. The normalized spacial score (nSPS) is 20.2. The standard InChI is InChI=1S/C17H26N2O/c1-13-2-5-17(20-11-8-14-3-4-14)16(12-13)19-9-6-15(18)7-10-19/h2,5,12,14-15H,3-4,6-11,18H2,1H3. The molecule has 1 heterocycles. The van der Waals surface area contributed by atoms with Crippen LogP contribution in [-0.4, -0.2) is 25.7 Å². The molecule has 1 saturated heterocycles. The van der Waals surface area contributed by atoms with E-state index in [2.05, 4.69) is 30.0 Å². The summed E-state index contributed by atoms with van der Waals surface area (Å²) >= 11 is 0. The Morgan fingerprint density at radius 2 is 1.95 bits per heavy atom. The molecule has 2 N–H and O–H groups in total. The third-order valence-electron chi connectivity index (χ3n) is 4.48. The predicted molar refractivity (Wildman–Crippen MR) is 83.4 cm³/mol. The molecule has 3 nitrogen and oxygen atoms in total. The van der Waals surface area contributed by atoms with Crippen LogP contribution in [0.2, 0.25) is 0 Å². The molecule has 0 atom stereocenters. The van der Waals surface area contributed by atoms with E-state index < -0.39 is 0 Å². The molecule has 0 aromatic heterocycles. The van der Waals surface area contributed by atoms with Crippen molar-refractivity contribution in [2.75, 3.05) is 24.6 Å². The molecule has 0 amide bonds. The highest BCUT2D eigenvalue weighted by atomic mass is 16.5. The number of rotatable bonds is 5. The van der Waals surface area contributed by atoms with Crippen molar-refractivity contribution >= 4 is 5.69 Å². The Morgan fingerprint density at radius 3 is 2.65 bits per heavy atom. The zero-order valence-electron chi connectivity index (χ0n) is 12.5. The van der Waals surface area contributed by atoms with Crippen LogP contribution in [0.1, 0.15) is 37.7 Å². The van der Waals surface area contributed by atoms with Crippen molar-refractivity contribution in [2.45, 2.75) is 45.1 Å². The summed E-state index contributed by atoms with van der Waals surface area (Å²) in [5.41, 5.74) is 8.56. The van der Waals surface area contributed by atoms with Crippen molar-refractivity contribution in [1.29, 1.82) is 0 Å². The number of hydrogen-bond acceptors (Lipinski definition) is 3. The zero-order valence-corrected chi connectivity index (χ0v) is 12.5. The first-order valence-electron chi connectivity index (χ1n) is 7.96. The molecule has 0 bridgehead atoms. The summed E-state index contributed by atoms with van der Waals surface area (Å²) in [6.45, 7) is 5.09. The third-order valence-corrected chi connectivity index (χ3v) is 4.48. The molecule has 20 heavy (non-hydrogen) atoms. The summed E-state index contributed by atoms with van der Waals surface area (Å²) < 4.78 is 6.05. The van der Waals surface area contributed by atoms with Gasteiger partial charge in [-0.3, -0.25) is 0 Å². The molecule has 1 saturated carbocycles. The van der Waals surface area contributed by atoms with Crippen molar-refractivity contribution in [1.82, 2.24) is 0 Å². The Labute approximate surface area is 122 Å². The fraction of sp³-hybridized carbons (Fsp3) is 0.647. The summed E-state index contributed by atoms with van der Waals surface area (Å²) in [5.74, 6) is 1.98. The van der Waals surface area contributed by atoms with Gasteiger partial charge in [0.05, 0.1) is 12.3 Å². The highest BCUT2D eigenvalue weighted by Crippen LogP contribution is 2.34. The topological polar surface area (TPSA) is 38.5 Å². The minimum Gasteiger partial charge on any atom is -0.491 e. The van der Waals surface area contributed by atoms with Crippen LogP contribution >= 0.6 is 0 Å². The lowest BCUT2D eigenvalue weighted by Crippen LogP contribution is -2.39. The van der Waals surface area contributed by atoms with Gasteiger partial charge < -0.3 is 15.4 Å². The Bertz CT molecular complexity index is 448. The maximum Gasteiger partial charge on any atom is 0.142 e. The molecule has 2 fully saturated rings. The average molecular weight is 274 g/mol. The van der Waals surface area contributed by atoms with E-state index in [-0.39, 0.29) is 0 Å². The number of nitrogens with zero attached hydrogens (tertiary/aromatic N) is 1. The molecule has 1 aliphatic carbocycles. The number of ether oxygens (including phenoxy) is 1. The van der Waals surface area contributed by atoms with E-state index in [1.807, 2.05) is 0 Å². The number of nitrogens with two attached hydrogens (primary N) is 1. The van der Waals surface area contributed by atoms with Crippen molar-refractivity contribution < 1.29 is 4.74 Å². The minimum atomic E-state index is 0.371. The highest BCUT2D eigenvalue weighted by Gasteiger charge is 2.22. The van der Waals surface area contributed by atoms with Gasteiger partial charge in [-0.25, -0.2) is 0 Å². The van der Waals surface area contributed by atoms with Gasteiger partial charge in [0.2, 0.25) is 0 Å². The molecule has 2 aliphatic rings. The lowest BCUT2D eigenvalue weighted by Gasteiger charge is -2.33. The van der Waals surface area contributed by atoms with Gasteiger partial charge in [0, 0.05) is 19.1 Å². The average Bonchev–Trinajstić information content (AvgIpc) is 3.25. The van der Waals surface area contributed by atoms with Crippen LogP contribution in [0.5, 0.6) is 5.75 Å². The fourth-order valence-electron chi connectivity index (χ4n) is 2.88. The van der Waals surface area contributed by atoms with E-state index >= 15 is 0 Å². The van der Waals surface area contributed by atoms with Crippen molar-refractivity contribution in [3.8, 4) is 5.75 Å². The largest absolute Gasteiger partial charge is 0.491 e. The zero-order chi connectivity index (χ0) is 13.9. The lowest BCUT2D eigenvalue weighted by atomic mass is 10.0. The third kappa shape index (κ3) is 3.45. The van der Waals surface area contributed by atoms with Gasteiger partial charge >= 0.3 is 0 Å². The van der Waals surface area contributed by atoms with Gasteiger partial charge in [0.15, 0.2) is 0 Å². The summed E-state index contributed by atoms with van der Waals surface area (Å²) in [7, 11) is 0. The summed E-state index contributed by atoms with van der Waals surface area (Å²) in [4.78, 5) is 2.43. The van der Waals surface area contributed by atoms with Crippen LogP contribution in [0.4, 0.5) is 5.69 Å². The monoisotopic (exact) mass is 274 g/mol. The maximum absolute atomic E-state index is 6.05. The van der Waals surface area contributed by atoms with Gasteiger partial charge in [-0.15, -0.1) is 0 Å². The Balaban J connectivity index is 1.67. The van der Waals surface area contributed by atoms with Gasteiger partial charge in [-0.05, 0) is 49.8 Å². The van der Waals surface area contributed by atoms with Crippen LogP contribution in [0, 0.1) is 12.8 Å². The minimum absolute atomic E-state index is 0.371. The smallest absolute Gasteiger partial charge is 0.142 e. The molecular weight excluding hydrogens is 248 g/mol. The van der Waals surface area contributed by atoms with E-state index in [4.69, 9.17) is 10.5 Å². The van der Waals surface area contributed by atoms with Crippen LogP contribution < -0.4 is 15.4 Å². The maximum atomic E-state index is 6.05. The highest BCUT2D eigenvalue weighted by molar-refractivity contribution is 5.60. The first kappa shape index (κ1) is 13.7. The number of hydrogen-bond donors (Lipinski definition) is 1. The first-order chi connectivity index (χ1) is 9.72. The number of piperidine rings is 1. The van der Waals surface area contributed by atoms with Gasteiger partial charge in [-0.1, -0.05) is 18.9 Å². The quantitative estimate of drug-likeness (QED) is 0.896. The predicted octanol–water partition coefficient (Wildman–Crippen LogP) is 3.10. The molecule has 1 aromatic carbocycles. The van der Waals surface area contributed by atoms with Crippen molar-refractivity contribution in [2.24, 2.45) is 11.7 Å². The number of benzene rings is 1. The van der Waals surface area contributed by atoms with Gasteiger partial charge in [0.25, 0.3) is 0 Å². The number of aryl methyl sites for hydroxylation is 1. The Morgan fingerprint density at radius 1 is 1.20 bits per heavy atom.